The number of rotatable bonds is 4. The number of primary amides is 1. The van der Waals surface area contributed by atoms with E-state index in [2.05, 4.69) is 5.32 Å². The van der Waals surface area contributed by atoms with E-state index in [0.717, 1.165) is 16.3 Å². The molecule has 0 heterocycles. The van der Waals surface area contributed by atoms with Crippen LogP contribution in [0.4, 0.5) is 5.69 Å². The molecule has 3 aromatic carbocycles. The van der Waals surface area contributed by atoms with E-state index in [-0.39, 0.29) is 5.91 Å². The first kappa shape index (κ1) is 15.7. The Morgan fingerprint density at radius 3 is 2.00 bits per heavy atom. The molecule has 0 spiro atoms. The molecule has 0 bridgehead atoms. The smallest absolute Gasteiger partial charge is 0.255 e. The second-order valence-electron chi connectivity index (χ2n) is 5.50. The standard InChI is InChI=1S/C19H17N3O2/c20-11-12-1-7-17(8-2-12)22-19(24)16-6-4-13-9-15(18(21)23)5-3-14(13)10-16/h1-10H,11,20H2,(H2,21,23)(H,22,24). The lowest BCUT2D eigenvalue weighted by atomic mass is 10.0. The van der Waals surface area contributed by atoms with E-state index < -0.39 is 5.91 Å². The molecule has 3 rings (SSSR count). The number of hydrogen-bond donors (Lipinski definition) is 3. The number of amides is 2. The predicted molar refractivity (Wildman–Crippen MR) is 94.8 cm³/mol. The topological polar surface area (TPSA) is 98.2 Å². The van der Waals surface area contributed by atoms with Crippen molar-refractivity contribution in [1.82, 2.24) is 0 Å². The average molecular weight is 319 g/mol. The maximum absolute atomic E-state index is 12.4. The minimum absolute atomic E-state index is 0.198. The van der Waals surface area contributed by atoms with Gasteiger partial charge in [0.1, 0.15) is 0 Å². The number of benzene rings is 3. The van der Waals surface area contributed by atoms with E-state index in [9.17, 15) is 9.59 Å². The Hall–Kier alpha value is -3.18. The summed E-state index contributed by atoms with van der Waals surface area (Å²) in [6.45, 7) is 0.464. The average Bonchev–Trinajstić information content (AvgIpc) is 2.61. The van der Waals surface area contributed by atoms with E-state index >= 15 is 0 Å². The fourth-order valence-corrected chi connectivity index (χ4v) is 2.47. The fourth-order valence-electron chi connectivity index (χ4n) is 2.47. The molecule has 0 aromatic heterocycles. The summed E-state index contributed by atoms with van der Waals surface area (Å²) in [5, 5.41) is 4.57. The SMILES string of the molecule is NCc1ccc(NC(=O)c2ccc3cc(C(N)=O)ccc3c2)cc1. The van der Waals surface area contributed by atoms with E-state index in [0.29, 0.717) is 23.4 Å². The van der Waals surface area contributed by atoms with E-state index in [1.54, 1.807) is 36.4 Å². The van der Waals surface area contributed by atoms with Crippen LogP contribution in [-0.4, -0.2) is 11.8 Å². The van der Waals surface area contributed by atoms with Gasteiger partial charge >= 0.3 is 0 Å². The van der Waals surface area contributed by atoms with Crippen LogP contribution < -0.4 is 16.8 Å². The minimum atomic E-state index is -0.473. The van der Waals surface area contributed by atoms with Crippen LogP contribution in [-0.2, 0) is 6.54 Å². The van der Waals surface area contributed by atoms with Crippen molar-refractivity contribution in [2.24, 2.45) is 11.5 Å². The molecular weight excluding hydrogens is 302 g/mol. The van der Waals surface area contributed by atoms with Crippen LogP contribution in [0.5, 0.6) is 0 Å². The van der Waals surface area contributed by atoms with Gasteiger partial charge in [0.05, 0.1) is 0 Å². The Bertz CT molecular complexity index is 918. The molecule has 0 radical (unpaired) electrons. The normalized spacial score (nSPS) is 10.5. The molecule has 5 heteroatoms. The van der Waals surface area contributed by atoms with E-state index in [1.165, 1.54) is 0 Å². The third-order valence-electron chi connectivity index (χ3n) is 3.83. The molecule has 0 fully saturated rings. The predicted octanol–water partition coefficient (Wildman–Crippen LogP) is 2.65. The van der Waals surface area contributed by atoms with Gasteiger partial charge in [-0.1, -0.05) is 24.3 Å². The molecule has 0 aliphatic rings. The Morgan fingerprint density at radius 2 is 1.42 bits per heavy atom. The third kappa shape index (κ3) is 3.26. The summed E-state index contributed by atoms with van der Waals surface area (Å²) in [7, 11) is 0. The van der Waals surface area contributed by atoms with Gasteiger partial charge in [-0.05, 0) is 52.7 Å². The molecule has 0 saturated carbocycles. The monoisotopic (exact) mass is 319 g/mol. The van der Waals surface area contributed by atoms with Crippen molar-refractivity contribution in [2.75, 3.05) is 5.32 Å². The highest BCUT2D eigenvalue weighted by molar-refractivity contribution is 6.07. The van der Waals surface area contributed by atoms with Crippen molar-refractivity contribution in [1.29, 1.82) is 0 Å². The van der Waals surface area contributed by atoms with Crippen molar-refractivity contribution in [3.8, 4) is 0 Å². The van der Waals surface area contributed by atoms with Crippen LogP contribution in [0.25, 0.3) is 10.8 Å². The molecule has 0 unspecified atom stereocenters. The van der Waals surface area contributed by atoms with Gasteiger partial charge in [0.25, 0.3) is 5.91 Å². The van der Waals surface area contributed by atoms with Gasteiger partial charge in [-0.25, -0.2) is 0 Å². The number of nitrogens with one attached hydrogen (secondary N) is 1. The Morgan fingerprint density at radius 1 is 0.833 bits per heavy atom. The first-order valence-electron chi connectivity index (χ1n) is 7.51. The van der Waals surface area contributed by atoms with Crippen molar-refractivity contribution < 1.29 is 9.59 Å². The summed E-state index contributed by atoms with van der Waals surface area (Å²) in [5.41, 5.74) is 13.5. The van der Waals surface area contributed by atoms with E-state index in [4.69, 9.17) is 11.5 Å². The minimum Gasteiger partial charge on any atom is -0.366 e. The first-order valence-corrected chi connectivity index (χ1v) is 7.51. The van der Waals surface area contributed by atoms with Gasteiger partial charge < -0.3 is 16.8 Å². The molecule has 120 valence electrons. The van der Waals surface area contributed by atoms with Crippen molar-refractivity contribution in [2.45, 2.75) is 6.54 Å². The number of carbonyl (C=O) groups excluding carboxylic acids is 2. The lowest BCUT2D eigenvalue weighted by Crippen LogP contribution is -2.12. The molecule has 5 nitrogen and oxygen atoms in total. The Kier molecular flexibility index (Phi) is 4.26. The second-order valence-corrected chi connectivity index (χ2v) is 5.50. The van der Waals surface area contributed by atoms with Crippen LogP contribution in [0.15, 0.2) is 60.7 Å². The van der Waals surface area contributed by atoms with Crippen LogP contribution in [0.2, 0.25) is 0 Å². The number of nitrogens with two attached hydrogens (primary N) is 2. The van der Waals surface area contributed by atoms with Crippen LogP contribution in [0.1, 0.15) is 26.3 Å². The molecule has 5 N–H and O–H groups in total. The largest absolute Gasteiger partial charge is 0.366 e. The summed E-state index contributed by atoms with van der Waals surface area (Å²) in [6.07, 6.45) is 0. The molecule has 0 aliphatic heterocycles. The van der Waals surface area contributed by atoms with Gasteiger partial charge in [0.15, 0.2) is 0 Å². The molecular formula is C19H17N3O2. The molecule has 0 atom stereocenters. The Labute approximate surface area is 139 Å². The fraction of sp³-hybridized carbons (Fsp3) is 0.0526. The Balaban J connectivity index is 1.83. The van der Waals surface area contributed by atoms with Crippen molar-refractivity contribution in [3.63, 3.8) is 0 Å². The quantitative estimate of drug-likeness (QED) is 0.689. The highest BCUT2D eigenvalue weighted by Crippen LogP contribution is 2.19. The van der Waals surface area contributed by atoms with Gasteiger partial charge in [-0.3, -0.25) is 9.59 Å². The zero-order valence-corrected chi connectivity index (χ0v) is 13.0. The number of anilines is 1. The van der Waals surface area contributed by atoms with Crippen LogP contribution in [0.3, 0.4) is 0 Å². The number of fused-ring (bicyclic) bond motifs is 1. The summed E-state index contributed by atoms with van der Waals surface area (Å²) in [6, 6.07) is 17.8. The van der Waals surface area contributed by atoms with Gasteiger partial charge in [0.2, 0.25) is 5.91 Å². The number of carbonyl (C=O) groups is 2. The molecule has 24 heavy (non-hydrogen) atoms. The summed E-state index contributed by atoms with van der Waals surface area (Å²) < 4.78 is 0. The summed E-state index contributed by atoms with van der Waals surface area (Å²) in [5.74, 6) is -0.670. The zero-order valence-electron chi connectivity index (χ0n) is 13.0. The summed E-state index contributed by atoms with van der Waals surface area (Å²) in [4.78, 5) is 23.6. The van der Waals surface area contributed by atoms with Crippen LogP contribution >= 0.6 is 0 Å². The first-order chi connectivity index (χ1) is 11.6. The van der Waals surface area contributed by atoms with Crippen LogP contribution in [0, 0.1) is 0 Å². The maximum atomic E-state index is 12.4. The molecule has 2 amide bonds. The van der Waals surface area contributed by atoms with Gasteiger partial charge in [0, 0.05) is 23.4 Å². The molecule has 3 aromatic rings. The maximum Gasteiger partial charge on any atom is 0.255 e. The molecule has 0 aliphatic carbocycles. The van der Waals surface area contributed by atoms with Gasteiger partial charge in [-0.2, -0.15) is 0 Å². The highest BCUT2D eigenvalue weighted by atomic mass is 16.2. The lowest BCUT2D eigenvalue weighted by molar-refractivity contribution is 0.0997. The molecule has 0 saturated heterocycles. The second kappa shape index (κ2) is 6.52. The zero-order chi connectivity index (χ0) is 17.1. The van der Waals surface area contributed by atoms with Crippen molar-refractivity contribution >= 4 is 28.3 Å². The number of hydrogen-bond acceptors (Lipinski definition) is 3. The highest BCUT2D eigenvalue weighted by Gasteiger charge is 2.08. The van der Waals surface area contributed by atoms with Crippen molar-refractivity contribution in [3.05, 3.63) is 77.4 Å². The van der Waals surface area contributed by atoms with Gasteiger partial charge in [-0.15, -0.1) is 0 Å². The van der Waals surface area contributed by atoms with E-state index in [1.807, 2.05) is 24.3 Å². The summed E-state index contributed by atoms with van der Waals surface area (Å²) >= 11 is 0. The third-order valence-corrected chi connectivity index (χ3v) is 3.83. The lowest BCUT2D eigenvalue weighted by Gasteiger charge is -2.07.